The predicted molar refractivity (Wildman–Crippen MR) is 84.1 cm³/mol. The highest BCUT2D eigenvalue weighted by Crippen LogP contribution is 2.06. The van der Waals surface area contributed by atoms with E-state index in [1.54, 1.807) is 12.1 Å². The zero-order chi connectivity index (χ0) is 16.0. The third-order valence-electron chi connectivity index (χ3n) is 3.54. The molecule has 2 atom stereocenters. The molecule has 1 aliphatic heterocycles. The molecule has 0 unspecified atom stereocenters. The molecule has 2 N–H and O–H groups in total. The lowest BCUT2D eigenvalue weighted by Gasteiger charge is -2.29. The van der Waals surface area contributed by atoms with Gasteiger partial charge in [-0.25, -0.2) is 8.42 Å². The van der Waals surface area contributed by atoms with Crippen LogP contribution in [-0.4, -0.2) is 51.9 Å². The van der Waals surface area contributed by atoms with Gasteiger partial charge in [0.15, 0.2) is 9.84 Å². The molecule has 1 aromatic rings. The van der Waals surface area contributed by atoms with Crippen LogP contribution in [0.2, 0.25) is 0 Å². The summed E-state index contributed by atoms with van der Waals surface area (Å²) in [6.45, 7) is 3.13. The summed E-state index contributed by atoms with van der Waals surface area (Å²) in [4.78, 5) is 12.0. The minimum atomic E-state index is -3.24. The Balaban J connectivity index is 1.78. The van der Waals surface area contributed by atoms with E-state index in [2.05, 4.69) is 10.6 Å². The number of amides is 1. The molecule has 0 radical (unpaired) electrons. The fourth-order valence-corrected chi connectivity index (χ4v) is 3.63. The standard InChI is InChI=1S/C15H22N2O4S/c1-12-14(16-7-9-21-12)15(18)17-8-10-22(19,20)11-13-5-3-2-4-6-13/h2-6,12,14,16H,7-11H2,1H3,(H,17,18)/t12-,14+/m1/s1. The molecule has 7 heteroatoms. The second-order valence-electron chi connectivity index (χ2n) is 5.38. The number of nitrogens with one attached hydrogen (secondary N) is 2. The van der Waals surface area contributed by atoms with E-state index in [1.165, 1.54) is 0 Å². The van der Waals surface area contributed by atoms with Gasteiger partial charge >= 0.3 is 0 Å². The highest BCUT2D eigenvalue weighted by molar-refractivity contribution is 7.90. The third kappa shape index (κ3) is 5.08. The molecule has 1 aromatic carbocycles. The van der Waals surface area contributed by atoms with E-state index in [1.807, 2.05) is 25.1 Å². The molecule has 6 nitrogen and oxygen atoms in total. The van der Waals surface area contributed by atoms with Crippen LogP contribution in [0.4, 0.5) is 0 Å². The Morgan fingerprint density at radius 1 is 1.36 bits per heavy atom. The lowest BCUT2D eigenvalue weighted by molar-refractivity contribution is -0.128. The number of hydrogen-bond acceptors (Lipinski definition) is 5. The van der Waals surface area contributed by atoms with Gasteiger partial charge in [0.25, 0.3) is 0 Å². The smallest absolute Gasteiger partial charge is 0.239 e. The van der Waals surface area contributed by atoms with Crippen molar-refractivity contribution in [3.63, 3.8) is 0 Å². The van der Waals surface area contributed by atoms with Crippen molar-refractivity contribution < 1.29 is 17.9 Å². The van der Waals surface area contributed by atoms with Crippen molar-refractivity contribution in [3.05, 3.63) is 35.9 Å². The predicted octanol–water partition coefficient (Wildman–Crippen LogP) is 0.0945. The van der Waals surface area contributed by atoms with Crippen molar-refractivity contribution in [1.29, 1.82) is 0 Å². The zero-order valence-electron chi connectivity index (χ0n) is 12.6. The highest BCUT2D eigenvalue weighted by Gasteiger charge is 2.28. The van der Waals surface area contributed by atoms with Crippen LogP contribution in [0.5, 0.6) is 0 Å². The Hall–Kier alpha value is -1.44. The summed E-state index contributed by atoms with van der Waals surface area (Å²) in [5, 5.41) is 5.73. The van der Waals surface area contributed by atoms with E-state index in [-0.39, 0.29) is 30.1 Å². The maximum absolute atomic E-state index is 12.0. The van der Waals surface area contributed by atoms with Crippen molar-refractivity contribution in [1.82, 2.24) is 10.6 Å². The number of rotatable bonds is 6. The Morgan fingerprint density at radius 2 is 2.09 bits per heavy atom. The monoisotopic (exact) mass is 326 g/mol. The minimum absolute atomic E-state index is 0.00902. The molecule has 122 valence electrons. The van der Waals surface area contributed by atoms with Gasteiger partial charge in [-0.1, -0.05) is 30.3 Å². The SMILES string of the molecule is C[C@H]1OCCN[C@@H]1C(=O)NCCS(=O)(=O)Cc1ccccc1. The normalized spacial score (nSPS) is 22.2. The zero-order valence-corrected chi connectivity index (χ0v) is 13.4. The molecule has 1 heterocycles. The summed E-state index contributed by atoms with van der Waals surface area (Å²) in [6.07, 6.45) is -0.213. The molecule has 1 amide bonds. The van der Waals surface area contributed by atoms with Crippen molar-refractivity contribution in [2.45, 2.75) is 24.8 Å². The summed E-state index contributed by atoms with van der Waals surface area (Å²) in [5.74, 6) is -0.303. The van der Waals surface area contributed by atoms with Crippen LogP contribution in [0.15, 0.2) is 30.3 Å². The van der Waals surface area contributed by atoms with E-state index >= 15 is 0 Å². The van der Waals surface area contributed by atoms with Crippen LogP contribution in [0, 0.1) is 0 Å². The largest absolute Gasteiger partial charge is 0.375 e. The number of benzene rings is 1. The first-order valence-corrected chi connectivity index (χ1v) is 9.17. The van der Waals surface area contributed by atoms with Gasteiger partial charge in [-0.05, 0) is 12.5 Å². The van der Waals surface area contributed by atoms with Gasteiger partial charge in [0.2, 0.25) is 5.91 Å². The summed E-state index contributed by atoms with van der Waals surface area (Å²) in [7, 11) is -3.24. The molecule has 1 aliphatic rings. The fraction of sp³-hybridized carbons (Fsp3) is 0.533. The second-order valence-corrected chi connectivity index (χ2v) is 7.56. The van der Waals surface area contributed by atoms with E-state index in [0.717, 1.165) is 5.56 Å². The maximum atomic E-state index is 12.0. The number of ether oxygens (including phenoxy) is 1. The van der Waals surface area contributed by atoms with Gasteiger partial charge in [0.1, 0.15) is 6.04 Å². The van der Waals surface area contributed by atoms with Gasteiger partial charge in [0.05, 0.1) is 24.2 Å². The molecular formula is C15H22N2O4S. The first-order valence-electron chi connectivity index (χ1n) is 7.35. The number of morpholine rings is 1. The number of carbonyl (C=O) groups excluding carboxylic acids is 1. The average molecular weight is 326 g/mol. The molecule has 2 rings (SSSR count). The van der Waals surface area contributed by atoms with Gasteiger partial charge in [-0.15, -0.1) is 0 Å². The molecule has 0 aliphatic carbocycles. The number of hydrogen-bond donors (Lipinski definition) is 2. The van der Waals surface area contributed by atoms with Gasteiger partial charge in [-0.3, -0.25) is 4.79 Å². The van der Waals surface area contributed by atoms with E-state index in [0.29, 0.717) is 13.2 Å². The lowest BCUT2D eigenvalue weighted by Crippen LogP contribution is -2.55. The first-order chi connectivity index (χ1) is 10.5. The molecule has 0 bridgehead atoms. The van der Waals surface area contributed by atoms with Crippen LogP contribution < -0.4 is 10.6 Å². The van der Waals surface area contributed by atoms with Crippen molar-refractivity contribution in [3.8, 4) is 0 Å². The Bertz CT molecular complexity index is 589. The van der Waals surface area contributed by atoms with E-state index in [9.17, 15) is 13.2 Å². The Labute approximate surface area is 131 Å². The summed E-state index contributed by atoms with van der Waals surface area (Å²) in [6, 6.07) is 8.59. The lowest BCUT2D eigenvalue weighted by atomic mass is 10.1. The molecular weight excluding hydrogens is 304 g/mol. The summed E-state index contributed by atoms with van der Waals surface area (Å²) in [5.41, 5.74) is 0.754. The van der Waals surface area contributed by atoms with Gasteiger partial charge < -0.3 is 15.4 Å². The average Bonchev–Trinajstić information content (AvgIpc) is 2.48. The Kier molecular flexibility index (Phi) is 5.93. The van der Waals surface area contributed by atoms with Crippen LogP contribution >= 0.6 is 0 Å². The van der Waals surface area contributed by atoms with Crippen LogP contribution in [-0.2, 0) is 25.1 Å². The molecule has 0 aromatic heterocycles. The second kappa shape index (κ2) is 7.71. The first kappa shape index (κ1) is 16.9. The molecule has 1 saturated heterocycles. The number of sulfone groups is 1. The van der Waals surface area contributed by atoms with Crippen LogP contribution in [0.3, 0.4) is 0 Å². The summed E-state index contributed by atoms with van der Waals surface area (Å²) >= 11 is 0. The van der Waals surface area contributed by atoms with E-state index in [4.69, 9.17) is 4.74 Å². The topological polar surface area (TPSA) is 84.5 Å². The minimum Gasteiger partial charge on any atom is -0.375 e. The van der Waals surface area contributed by atoms with E-state index < -0.39 is 15.9 Å². The molecule has 22 heavy (non-hydrogen) atoms. The molecule has 1 fully saturated rings. The van der Waals surface area contributed by atoms with Gasteiger partial charge in [-0.2, -0.15) is 0 Å². The summed E-state index contributed by atoms with van der Waals surface area (Å²) < 4.78 is 29.5. The Morgan fingerprint density at radius 3 is 2.77 bits per heavy atom. The third-order valence-corrected chi connectivity index (χ3v) is 5.14. The molecule has 0 saturated carbocycles. The number of carbonyl (C=O) groups is 1. The van der Waals surface area contributed by atoms with Crippen molar-refractivity contribution in [2.24, 2.45) is 0 Å². The maximum Gasteiger partial charge on any atom is 0.239 e. The van der Waals surface area contributed by atoms with Crippen molar-refractivity contribution in [2.75, 3.05) is 25.4 Å². The van der Waals surface area contributed by atoms with Crippen molar-refractivity contribution >= 4 is 15.7 Å². The van der Waals surface area contributed by atoms with Crippen LogP contribution in [0.1, 0.15) is 12.5 Å². The highest BCUT2D eigenvalue weighted by atomic mass is 32.2. The van der Waals surface area contributed by atoms with Crippen LogP contribution in [0.25, 0.3) is 0 Å². The quantitative estimate of drug-likeness (QED) is 0.774. The fourth-order valence-electron chi connectivity index (χ4n) is 2.37. The van der Waals surface area contributed by atoms with Gasteiger partial charge in [0, 0.05) is 13.1 Å². The molecule has 0 spiro atoms.